The number of rotatable bonds is 3. The van der Waals surface area contributed by atoms with Crippen LogP contribution in [-0.4, -0.2) is 29.1 Å². The second-order valence-electron chi connectivity index (χ2n) is 5.07. The monoisotopic (exact) mass is 339 g/mol. The van der Waals surface area contributed by atoms with Crippen molar-refractivity contribution in [1.29, 1.82) is 0 Å². The van der Waals surface area contributed by atoms with Gasteiger partial charge in [0, 0.05) is 23.3 Å². The molecule has 1 N–H and O–H groups in total. The molecule has 0 unspecified atom stereocenters. The first-order chi connectivity index (χ1) is 11.8. The highest BCUT2D eigenvalue weighted by molar-refractivity contribution is 7.13. The third-order valence-corrected chi connectivity index (χ3v) is 4.29. The number of anilines is 1. The SMILES string of the molecule is O=C(Nc1ccc2c(c1)OCCO2)c1csc(-c2ccccn2)n1. The highest BCUT2D eigenvalue weighted by Gasteiger charge is 2.15. The van der Waals surface area contributed by atoms with E-state index >= 15 is 0 Å². The van der Waals surface area contributed by atoms with Crippen molar-refractivity contribution in [3.05, 3.63) is 53.7 Å². The molecular formula is C17H13N3O3S. The van der Waals surface area contributed by atoms with Crippen LogP contribution in [0.25, 0.3) is 10.7 Å². The van der Waals surface area contributed by atoms with E-state index in [1.165, 1.54) is 11.3 Å². The van der Waals surface area contributed by atoms with Gasteiger partial charge in [-0.3, -0.25) is 9.78 Å². The molecule has 7 heteroatoms. The maximum Gasteiger partial charge on any atom is 0.275 e. The third-order valence-electron chi connectivity index (χ3n) is 3.42. The van der Waals surface area contributed by atoms with Crippen LogP contribution in [0.4, 0.5) is 5.69 Å². The number of ether oxygens (including phenoxy) is 2. The molecule has 1 aliphatic heterocycles. The van der Waals surface area contributed by atoms with E-state index in [0.29, 0.717) is 41.1 Å². The van der Waals surface area contributed by atoms with Gasteiger partial charge >= 0.3 is 0 Å². The number of fused-ring (bicyclic) bond motifs is 1. The summed E-state index contributed by atoms with van der Waals surface area (Å²) in [5, 5.41) is 5.25. The number of hydrogen-bond donors (Lipinski definition) is 1. The summed E-state index contributed by atoms with van der Waals surface area (Å²) in [6, 6.07) is 10.9. The molecule has 0 atom stereocenters. The van der Waals surface area contributed by atoms with Crippen molar-refractivity contribution in [2.24, 2.45) is 0 Å². The van der Waals surface area contributed by atoms with E-state index in [0.717, 1.165) is 5.69 Å². The molecule has 1 aromatic carbocycles. The molecule has 1 aliphatic rings. The van der Waals surface area contributed by atoms with Crippen LogP contribution in [0.5, 0.6) is 11.5 Å². The van der Waals surface area contributed by atoms with Crippen molar-refractivity contribution < 1.29 is 14.3 Å². The first kappa shape index (κ1) is 14.6. The number of carbonyl (C=O) groups is 1. The van der Waals surface area contributed by atoms with Gasteiger partial charge in [-0.25, -0.2) is 4.98 Å². The van der Waals surface area contributed by atoms with Gasteiger partial charge in [0.2, 0.25) is 0 Å². The summed E-state index contributed by atoms with van der Waals surface area (Å²) in [5.74, 6) is 1.04. The van der Waals surface area contributed by atoms with Gasteiger partial charge < -0.3 is 14.8 Å². The first-order valence-corrected chi connectivity index (χ1v) is 8.25. The maximum absolute atomic E-state index is 12.4. The molecule has 0 aliphatic carbocycles. The number of thiazole rings is 1. The predicted octanol–water partition coefficient (Wildman–Crippen LogP) is 3.23. The van der Waals surface area contributed by atoms with Gasteiger partial charge in [-0.15, -0.1) is 11.3 Å². The molecule has 0 fully saturated rings. The van der Waals surface area contributed by atoms with Crippen LogP contribution in [0.2, 0.25) is 0 Å². The molecular weight excluding hydrogens is 326 g/mol. The number of nitrogens with zero attached hydrogens (tertiary/aromatic N) is 2. The standard InChI is InChI=1S/C17H13N3O3S/c21-16(13-10-24-17(20-13)12-3-1-2-6-18-12)19-11-4-5-14-15(9-11)23-8-7-22-14/h1-6,9-10H,7-8H2,(H,19,21). The molecule has 120 valence electrons. The minimum Gasteiger partial charge on any atom is -0.486 e. The Hall–Kier alpha value is -2.93. The number of hydrogen-bond acceptors (Lipinski definition) is 6. The number of aromatic nitrogens is 2. The lowest BCUT2D eigenvalue weighted by molar-refractivity contribution is 0.102. The number of pyridine rings is 1. The maximum atomic E-state index is 12.4. The zero-order valence-electron chi connectivity index (χ0n) is 12.6. The molecule has 0 saturated carbocycles. The molecule has 0 spiro atoms. The summed E-state index contributed by atoms with van der Waals surface area (Å²) in [6.07, 6.45) is 1.70. The zero-order chi connectivity index (χ0) is 16.4. The molecule has 3 heterocycles. The quantitative estimate of drug-likeness (QED) is 0.793. The highest BCUT2D eigenvalue weighted by atomic mass is 32.1. The van der Waals surface area contributed by atoms with Crippen molar-refractivity contribution in [2.75, 3.05) is 18.5 Å². The fourth-order valence-electron chi connectivity index (χ4n) is 2.30. The van der Waals surface area contributed by atoms with Crippen LogP contribution in [0.1, 0.15) is 10.5 Å². The molecule has 2 aromatic heterocycles. The highest BCUT2D eigenvalue weighted by Crippen LogP contribution is 2.32. The van der Waals surface area contributed by atoms with Gasteiger partial charge in [0.1, 0.15) is 23.9 Å². The Bertz CT molecular complexity index is 880. The summed E-state index contributed by atoms with van der Waals surface area (Å²) >= 11 is 1.39. The van der Waals surface area contributed by atoms with E-state index in [2.05, 4.69) is 15.3 Å². The van der Waals surface area contributed by atoms with E-state index < -0.39 is 0 Å². The lowest BCUT2D eigenvalue weighted by Crippen LogP contribution is -2.16. The Morgan fingerprint density at radius 1 is 1.12 bits per heavy atom. The molecule has 0 saturated heterocycles. The fourth-order valence-corrected chi connectivity index (χ4v) is 3.08. The minimum atomic E-state index is -0.273. The molecule has 0 radical (unpaired) electrons. The molecule has 4 rings (SSSR count). The van der Waals surface area contributed by atoms with Crippen LogP contribution in [0, 0.1) is 0 Å². The Balaban J connectivity index is 1.51. The van der Waals surface area contributed by atoms with Gasteiger partial charge in [-0.2, -0.15) is 0 Å². The third kappa shape index (κ3) is 2.93. The molecule has 24 heavy (non-hydrogen) atoms. The van der Waals surface area contributed by atoms with Gasteiger partial charge in [0.05, 0.1) is 5.69 Å². The Labute approximate surface area is 142 Å². The lowest BCUT2D eigenvalue weighted by atomic mass is 10.2. The largest absolute Gasteiger partial charge is 0.486 e. The summed E-state index contributed by atoms with van der Waals surface area (Å²) in [7, 11) is 0. The van der Waals surface area contributed by atoms with Crippen molar-refractivity contribution in [1.82, 2.24) is 9.97 Å². The van der Waals surface area contributed by atoms with Crippen molar-refractivity contribution in [2.45, 2.75) is 0 Å². The average molecular weight is 339 g/mol. The predicted molar refractivity (Wildman–Crippen MR) is 90.7 cm³/mol. The lowest BCUT2D eigenvalue weighted by Gasteiger charge is -2.18. The van der Waals surface area contributed by atoms with Crippen LogP contribution in [-0.2, 0) is 0 Å². The topological polar surface area (TPSA) is 73.3 Å². The smallest absolute Gasteiger partial charge is 0.275 e. The Kier molecular flexibility index (Phi) is 3.84. The number of nitrogens with one attached hydrogen (secondary N) is 1. The second-order valence-corrected chi connectivity index (χ2v) is 5.92. The zero-order valence-corrected chi connectivity index (χ0v) is 13.4. The van der Waals surface area contributed by atoms with Crippen molar-refractivity contribution in [3.63, 3.8) is 0 Å². The van der Waals surface area contributed by atoms with E-state index in [4.69, 9.17) is 9.47 Å². The Morgan fingerprint density at radius 3 is 2.83 bits per heavy atom. The van der Waals surface area contributed by atoms with Crippen LogP contribution in [0.15, 0.2) is 48.0 Å². The van der Waals surface area contributed by atoms with Crippen LogP contribution >= 0.6 is 11.3 Å². The molecule has 0 bridgehead atoms. The second kappa shape index (κ2) is 6.29. The fraction of sp³-hybridized carbons (Fsp3) is 0.118. The molecule has 3 aromatic rings. The summed E-state index contributed by atoms with van der Waals surface area (Å²) in [5.41, 5.74) is 1.74. The van der Waals surface area contributed by atoms with Crippen molar-refractivity contribution >= 4 is 22.9 Å². The van der Waals surface area contributed by atoms with Crippen LogP contribution < -0.4 is 14.8 Å². The van der Waals surface area contributed by atoms with Gasteiger partial charge in [0.15, 0.2) is 11.5 Å². The van der Waals surface area contributed by atoms with E-state index in [9.17, 15) is 4.79 Å². The molecule has 1 amide bonds. The number of carbonyl (C=O) groups excluding carboxylic acids is 1. The number of amides is 1. The average Bonchev–Trinajstić information content (AvgIpc) is 3.13. The van der Waals surface area contributed by atoms with Gasteiger partial charge in [-0.1, -0.05) is 6.07 Å². The van der Waals surface area contributed by atoms with Crippen LogP contribution in [0.3, 0.4) is 0 Å². The minimum absolute atomic E-state index is 0.273. The first-order valence-electron chi connectivity index (χ1n) is 7.37. The number of benzene rings is 1. The van der Waals surface area contributed by atoms with Gasteiger partial charge in [0.25, 0.3) is 5.91 Å². The Morgan fingerprint density at radius 2 is 2.00 bits per heavy atom. The summed E-state index contributed by atoms with van der Waals surface area (Å²) in [4.78, 5) is 21.0. The van der Waals surface area contributed by atoms with Crippen molar-refractivity contribution in [3.8, 4) is 22.2 Å². The van der Waals surface area contributed by atoms with E-state index in [-0.39, 0.29) is 5.91 Å². The van der Waals surface area contributed by atoms with E-state index in [1.807, 2.05) is 18.2 Å². The summed E-state index contributed by atoms with van der Waals surface area (Å²) < 4.78 is 11.0. The summed E-state index contributed by atoms with van der Waals surface area (Å²) in [6.45, 7) is 1.04. The van der Waals surface area contributed by atoms with E-state index in [1.54, 1.807) is 29.8 Å². The normalized spacial score (nSPS) is 12.7. The van der Waals surface area contributed by atoms with Gasteiger partial charge in [-0.05, 0) is 24.3 Å². The molecule has 6 nitrogen and oxygen atoms in total.